The normalized spacial score (nSPS) is 11.9. The van der Waals surface area contributed by atoms with E-state index in [4.69, 9.17) is 0 Å². The first-order valence-electron chi connectivity index (χ1n) is 4.63. The van der Waals surface area contributed by atoms with Gasteiger partial charge in [-0.2, -0.15) is 5.10 Å². The van der Waals surface area contributed by atoms with E-state index in [1.165, 1.54) is 18.5 Å². The first kappa shape index (κ1) is 9.30. The summed E-state index contributed by atoms with van der Waals surface area (Å²) < 4.78 is 0. The second-order valence-electron chi connectivity index (χ2n) is 4.16. The predicted molar refractivity (Wildman–Crippen MR) is 51.0 cm³/mol. The van der Waals surface area contributed by atoms with Crippen LogP contribution in [0.1, 0.15) is 39.3 Å². The van der Waals surface area contributed by atoms with Crippen LogP contribution in [-0.4, -0.2) is 10.2 Å². The minimum atomic E-state index is 0.393. The van der Waals surface area contributed by atoms with Gasteiger partial charge in [0.1, 0.15) is 0 Å². The molecule has 0 aromatic carbocycles. The molecule has 2 heteroatoms. The molecule has 0 bridgehead atoms. The van der Waals surface area contributed by atoms with Gasteiger partial charge in [-0.1, -0.05) is 27.2 Å². The van der Waals surface area contributed by atoms with Crippen molar-refractivity contribution in [2.24, 2.45) is 5.41 Å². The van der Waals surface area contributed by atoms with Crippen LogP contribution in [0.4, 0.5) is 0 Å². The van der Waals surface area contributed by atoms with E-state index >= 15 is 0 Å². The van der Waals surface area contributed by atoms with Crippen molar-refractivity contribution in [2.75, 3.05) is 0 Å². The molecule has 1 aromatic heterocycles. The van der Waals surface area contributed by atoms with Crippen molar-refractivity contribution in [1.82, 2.24) is 10.2 Å². The molecule has 0 unspecified atom stereocenters. The predicted octanol–water partition coefficient (Wildman–Crippen LogP) is 2.78. The highest BCUT2D eigenvalue weighted by atomic mass is 15.1. The fourth-order valence-electron chi connectivity index (χ4n) is 1.64. The highest BCUT2D eigenvalue weighted by Gasteiger charge is 2.17. The molecule has 1 heterocycles. The number of aromatic nitrogens is 2. The van der Waals surface area contributed by atoms with Gasteiger partial charge in [0.05, 0.1) is 5.69 Å². The Morgan fingerprint density at radius 2 is 2.25 bits per heavy atom. The molecule has 1 N–H and O–H groups in total. The number of hydrogen-bond donors (Lipinski definition) is 1. The summed E-state index contributed by atoms with van der Waals surface area (Å²) >= 11 is 0. The van der Waals surface area contributed by atoms with E-state index in [1.807, 2.05) is 6.20 Å². The average molecular weight is 166 g/mol. The number of nitrogens with zero attached hydrogens (tertiary/aromatic N) is 1. The summed E-state index contributed by atoms with van der Waals surface area (Å²) in [6.07, 6.45) is 5.47. The second kappa shape index (κ2) is 3.74. The van der Waals surface area contributed by atoms with E-state index in [9.17, 15) is 0 Å². The summed E-state index contributed by atoms with van der Waals surface area (Å²) in [5.74, 6) is 0. The highest BCUT2D eigenvalue weighted by molar-refractivity contribution is 5.00. The van der Waals surface area contributed by atoms with Crippen molar-refractivity contribution in [3.05, 3.63) is 18.0 Å². The molecular weight excluding hydrogens is 148 g/mol. The zero-order chi connectivity index (χ0) is 9.03. The van der Waals surface area contributed by atoms with Crippen LogP contribution in [0.15, 0.2) is 12.3 Å². The molecule has 0 aliphatic carbocycles. The van der Waals surface area contributed by atoms with E-state index < -0.39 is 0 Å². The quantitative estimate of drug-likeness (QED) is 0.732. The van der Waals surface area contributed by atoms with Crippen molar-refractivity contribution in [3.8, 4) is 0 Å². The number of nitrogens with one attached hydrogen (secondary N) is 1. The van der Waals surface area contributed by atoms with Crippen LogP contribution in [0, 0.1) is 5.41 Å². The lowest BCUT2D eigenvalue weighted by atomic mass is 9.83. The minimum Gasteiger partial charge on any atom is -0.285 e. The smallest absolute Gasteiger partial charge is 0.0627 e. The molecule has 0 atom stereocenters. The van der Waals surface area contributed by atoms with Crippen LogP contribution in [0.25, 0.3) is 0 Å². The Bertz CT molecular complexity index is 212. The van der Waals surface area contributed by atoms with Gasteiger partial charge in [-0.15, -0.1) is 0 Å². The Hall–Kier alpha value is -0.790. The Morgan fingerprint density at radius 1 is 1.50 bits per heavy atom. The summed E-state index contributed by atoms with van der Waals surface area (Å²) in [6, 6.07) is 2.05. The fourth-order valence-corrected chi connectivity index (χ4v) is 1.64. The Morgan fingerprint density at radius 3 is 2.75 bits per heavy atom. The molecule has 0 radical (unpaired) electrons. The molecule has 0 aliphatic heterocycles. The lowest BCUT2D eigenvalue weighted by Gasteiger charge is -2.22. The molecule has 0 aliphatic rings. The zero-order valence-corrected chi connectivity index (χ0v) is 8.22. The van der Waals surface area contributed by atoms with Gasteiger partial charge in [-0.25, -0.2) is 0 Å². The minimum absolute atomic E-state index is 0.393. The molecule has 1 rings (SSSR count). The van der Waals surface area contributed by atoms with Crippen molar-refractivity contribution in [1.29, 1.82) is 0 Å². The van der Waals surface area contributed by atoms with Gasteiger partial charge in [-0.05, 0) is 24.3 Å². The van der Waals surface area contributed by atoms with Crippen LogP contribution in [0.2, 0.25) is 0 Å². The third-order valence-electron chi connectivity index (χ3n) is 2.14. The Balaban J connectivity index is 2.50. The van der Waals surface area contributed by atoms with Crippen LogP contribution in [-0.2, 0) is 6.42 Å². The van der Waals surface area contributed by atoms with Crippen molar-refractivity contribution < 1.29 is 0 Å². The van der Waals surface area contributed by atoms with E-state index in [0.717, 1.165) is 6.42 Å². The van der Waals surface area contributed by atoms with E-state index in [0.29, 0.717) is 5.41 Å². The van der Waals surface area contributed by atoms with Gasteiger partial charge in [0.25, 0.3) is 0 Å². The summed E-state index contributed by atoms with van der Waals surface area (Å²) in [7, 11) is 0. The number of H-pyrrole nitrogens is 1. The van der Waals surface area contributed by atoms with Crippen LogP contribution < -0.4 is 0 Å². The fraction of sp³-hybridized carbons (Fsp3) is 0.700. The van der Waals surface area contributed by atoms with Crippen molar-refractivity contribution in [3.63, 3.8) is 0 Å². The maximum atomic E-state index is 4.16. The third-order valence-corrected chi connectivity index (χ3v) is 2.14. The monoisotopic (exact) mass is 166 g/mol. The first-order chi connectivity index (χ1) is 5.64. The van der Waals surface area contributed by atoms with Gasteiger partial charge in [-0.3, -0.25) is 5.10 Å². The largest absolute Gasteiger partial charge is 0.285 e. The topological polar surface area (TPSA) is 28.7 Å². The molecule has 0 saturated heterocycles. The standard InChI is InChI=1S/C10H18N2/c1-4-6-10(2,3)8-9-5-7-11-12-9/h5,7H,4,6,8H2,1-3H3,(H,11,12). The number of aromatic amines is 1. The average Bonchev–Trinajstić information content (AvgIpc) is 2.38. The third kappa shape index (κ3) is 2.68. The highest BCUT2D eigenvalue weighted by Crippen LogP contribution is 2.26. The summed E-state index contributed by atoms with van der Waals surface area (Å²) in [4.78, 5) is 0. The molecule has 1 aromatic rings. The van der Waals surface area contributed by atoms with Gasteiger partial charge < -0.3 is 0 Å². The van der Waals surface area contributed by atoms with Gasteiger partial charge in [0.15, 0.2) is 0 Å². The lowest BCUT2D eigenvalue weighted by molar-refractivity contribution is 0.325. The Kier molecular flexibility index (Phi) is 2.90. The number of rotatable bonds is 4. The maximum absolute atomic E-state index is 4.16. The van der Waals surface area contributed by atoms with E-state index in [2.05, 4.69) is 37.0 Å². The molecule has 68 valence electrons. The molecule has 2 nitrogen and oxygen atoms in total. The van der Waals surface area contributed by atoms with Gasteiger partial charge >= 0.3 is 0 Å². The lowest BCUT2D eigenvalue weighted by Crippen LogP contribution is -2.14. The summed E-state index contributed by atoms with van der Waals surface area (Å²) in [6.45, 7) is 6.82. The van der Waals surface area contributed by atoms with Crippen molar-refractivity contribution >= 4 is 0 Å². The zero-order valence-electron chi connectivity index (χ0n) is 8.22. The molecule has 0 fully saturated rings. The molecule has 0 amide bonds. The molecule has 0 spiro atoms. The molecular formula is C10H18N2. The van der Waals surface area contributed by atoms with Crippen LogP contribution >= 0.6 is 0 Å². The molecule has 0 saturated carbocycles. The maximum Gasteiger partial charge on any atom is 0.0627 e. The summed E-state index contributed by atoms with van der Waals surface area (Å²) in [5.41, 5.74) is 1.57. The molecule has 12 heavy (non-hydrogen) atoms. The van der Waals surface area contributed by atoms with Crippen LogP contribution in [0.3, 0.4) is 0 Å². The SMILES string of the molecule is CCCC(C)(C)Cc1cc[nH]n1. The van der Waals surface area contributed by atoms with Gasteiger partial charge in [0, 0.05) is 6.20 Å². The Labute approximate surface area is 74.4 Å². The second-order valence-corrected chi connectivity index (χ2v) is 4.16. The van der Waals surface area contributed by atoms with Gasteiger partial charge in [0.2, 0.25) is 0 Å². The number of hydrogen-bond acceptors (Lipinski definition) is 1. The van der Waals surface area contributed by atoms with E-state index in [-0.39, 0.29) is 0 Å². The summed E-state index contributed by atoms with van der Waals surface area (Å²) in [5, 5.41) is 7.00. The van der Waals surface area contributed by atoms with Crippen LogP contribution in [0.5, 0.6) is 0 Å². The van der Waals surface area contributed by atoms with E-state index in [1.54, 1.807) is 0 Å². The first-order valence-corrected chi connectivity index (χ1v) is 4.63. The van der Waals surface area contributed by atoms with Crippen molar-refractivity contribution in [2.45, 2.75) is 40.0 Å².